The van der Waals surface area contributed by atoms with Gasteiger partial charge in [-0.15, -0.1) is 11.8 Å². The minimum absolute atomic E-state index is 0.0344. The molecule has 226 valence electrons. The number of fused-ring (bicyclic) bond motifs is 1. The predicted molar refractivity (Wildman–Crippen MR) is 152 cm³/mol. The normalized spacial score (nSPS) is 34.2. The van der Waals surface area contributed by atoms with Crippen LogP contribution >= 0.6 is 0 Å². The van der Waals surface area contributed by atoms with Gasteiger partial charge in [-0.25, -0.2) is 0 Å². The quantitative estimate of drug-likeness (QED) is 0.199. The van der Waals surface area contributed by atoms with Gasteiger partial charge in [0.15, 0.2) is 17.9 Å². The molecule has 1 N–H and O–H groups in total. The topological polar surface area (TPSA) is 75.6 Å². The summed E-state index contributed by atoms with van der Waals surface area (Å²) in [5.74, 6) is 5.68. The van der Waals surface area contributed by atoms with Gasteiger partial charge in [0.2, 0.25) is 0 Å². The van der Waals surface area contributed by atoms with Gasteiger partial charge in [-0.2, -0.15) is 0 Å². The highest BCUT2D eigenvalue weighted by Crippen LogP contribution is 2.39. The molecular formula is C32H56O7. The molecule has 3 aliphatic heterocycles. The van der Waals surface area contributed by atoms with Crippen LogP contribution < -0.4 is 0 Å². The van der Waals surface area contributed by atoms with Gasteiger partial charge in [0, 0.05) is 18.8 Å². The molecule has 0 radical (unpaired) electrons. The second kappa shape index (κ2) is 15.5. The highest BCUT2D eigenvalue weighted by Gasteiger charge is 2.49. The second-order valence-electron chi connectivity index (χ2n) is 12.7. The maximum atomic E-state index is 11.1. The molecule has 0 saturated carbocycles. The van der Waals surface area contributed by atoms with E-state index in [4.69, 9.17) is 28.4 Å². The van der Waals surface area contributed by atoms with Gasteiger partial charge >= 0.3 is 0 Å². The van der Waals surface area contributed by atoms with E-state index in [1.165, 1.54) is 32.1 Å². The van der Waals surface area contributed by atoms with Gasteiger partial charge in [0.05, 0.1) is 25.4 Å². The molecule has 0 aromatic carbocycles. The Kier molecular flexibility index (Phi) is 13.0. The van der Waals surface area contributed by atoms with Crippen molar-refractivity contribution in [1.29, 1.82) is 0 Å². The molecule has 3 fully saturated rings. The maximum absolute atomic E-state index is 11.1. The molecular weight excluding hydrogens is 496 g/mol. The molecule has 8 atom stereocenters. The monoisotopic (exact) mass is 552 g/mol. The molecule has 7 heteroatoms. The summed E-state index contributed by atoms with van der Waals surface area (Å²) in [6.07, 6.45) is 10.5. The Bertz CT molecular complexity index is 770. The van der Waals surface area contributed by atoms with Crippen molar-refractivity contribution in [2.24, 2.45) is 11.8 Å². The van der Waals surface area contributed by atoms with Crippen molar-refractivity contribution < 1.29 is 33.5 Å². The van der Waals surface area contributed by atoms with E-state index < -0.39 is 30.1 Å². The number of aliphatic hydroxyl groups excluding tert-OH is 1. The number of ether oxygens (including phenoxy) is 6. The SMILES string of the molecule is CCCCCCC#CCCCCCC[C@H]1OC(C)(C)O[C@H]1[C@@H](O)COC1OC2COC(C)(C)OC2C(C)C1C. The Morgan fingerprint density at radius 1 is 0.846 bits per heavy atom. The van der Waals surface area contributed by atoms with E-state index in [2.05, 4.69) is 32.6 Å². The summed E-state index contributed by atoms with van der Waals surface area (Å²) in [6.45, 7) is 14.8. The zero-order chi connectivity index (χ0) is 28.5. The summed E-state index contributed by atoms with van der Waals surface area (Å²) in [6, 6.07) is 0. The van der Waals surface area contributed by atoms with Crippen LogP contribution in [-0.2, 0) is 28.4 Å². The summed E-state index contributed by atoms with van der Waals surface area (Å²) >= 11 is 0. The first-order valence-corrected chi connectivity index (χ1v) is 15.6. The fourth-order valence-electron chi connectivity index (χ4n) is 5.84. The molecule has 3 aliphatic rings. The number of rotatable bonds is 14. The number of hydrogen-bond acceptors (Lipinski definition) is 7. The molecule has 3 saturated heterocycles. The Morgan fingerprint density at radius 3 is 2.21 bits per heavy atom. The van der Waals surface area contributed by atoms with Crippen LogP contribution in [0.3, 0.4) is 0 Å². The van der Waals surface area contributed by atoms with Gasteiger partial charge in [-0.1, -0.05) is 59.3 Å². The molecule has 0 bridgehead atoms. The highest BCUT2D eigenvalue weighted by molar-refractivity contribution is 4.98. The zero-order valence-electron chi connectivity index (χ0n) is 25.7. The first-order chi connectivity index (χ1) is 18.5. The van der Waals surface area contributed by atoms with Crippen molar-refractivity contribution in [1.82, 2.24) is 0 Å². The smallest absolute Gasteiger partial charge is 0.163 e. The zero-order valence-corrected chi connectivity index (χ0v) is 25.7. The van der Waals surface area contributed by atoms with Crippen molar-refractivity contribution in [3.63, 3.8) is 0 Å². The van der Waals surface area contributed by atoms with E-state index in [1.54, 1.807) is 0 Å². The van der Waals surface area contributed by atoms with Gasteiger partial charge < -0.3 is 33.5 Å². The molecule has 7 nitrogen and oxygen atoms in total. The minimum atomic E-state index is -0.800. The van der Waals surface area contributed by atoms with Crippen LogP contribution in [0.4, 0.5) is 0 Å². The van der Waals surface area contributed by atoms with Crippen molar-refractivity contribution in [3.05, 3.63) is 0 Å². The first-order valence-electron chi connectivity index (χ1n) is 15.6. The Hall–Kier alpha value is -0.720. The van der Waals surface area contributed by atoms with E-state index >= 15 is 0 Å². The van der Waals surface area contributed by atoms with Crippen molar-refractivity contribution >= 4 is 0 Å². The average molecular weight is 553 g/mol. The molecule has 39 heavy (non-hydrogen) atoms. The molecule has 3 heterocycles. The van der Waals surface area contributed by atoms with E-state index in [1.807, 2.05) is 27.7 Å². The minimum Gasteiger partial charge on any atom is -0.388 e. The lowest BCUT2D eigenvalue weighted by molar-refractivity contribution is -0.368. The second-order valence-corrected chi connectivity index (χ2v) is 12.7. The third-order valence-electron chi connectivity index (χ3n) is 8.32. The van der Waals surface area contributed by atoms with Crippen LogP contribution in [0.25, 0.3) is 0 Å². The molecule has 0 amide bonds. The Morgan fingerprint density at radius 2 is 1.51 bits per heavy atom. The number of unbranched alkanes of at least 4 members (excludes halogenated alkanes) is 8. The summed E-state index contributed by atoms with van der Waals surface area (Å²) in [5.41, 5.74) is 0. The van der Waals surface area contributed by atoms with E-state index in [-0.39, 0.29) is 36.8 Å². The lowest BCUT2D eigenvalue weighted by Crippen LogP contribution is -2.59. The number of hydrogen-bond donors (Lipinski definition) is 1. The van der Waals surface area contributed by atoms with Crippen LogP contribution in [0.15, 0.2) is 0 Å². The van der Waals surface area contributed by atoms with E-state index in [0.29, 0.717) is 6.61 Å². The Labute approximate surface area is 238 Å². The van der Waals surface area contributed by atoms with Crippen LogP contribution in [0.5, 0.6) is 0 Å². The summed E-state index contributed by atoms with van der Waals surface area (Å²) < 4.78 is 36.6. The van der Waals surface area contributed by atoms with Crippen LogP contribution in [0.2, 0.25) is 0 Å². The molecule has 0 aromatic heterocycles. The van der Waals surface area contributed by atoms with Crippen molar-refractivity contribution in [2.45, 2.75) is 167 Å². The van der Waals surface area contributed by atoms with Crippen molar-refractivity contribution in [3.8, 4) is 11.8 Å². The third-order valence-corrected chi connectivity index (χ3v) is 8.32. The van der Waals surface area contributed by atoms with Crippen molar-refractivity contribution in [2.75, 3.05) is 13.2 Å². The van der Waals surface area contributed by atoms with E-state index in [0.717, 1.165) is 38.5 Å². The van der Waals surface area contributed by atoms with Gasteiger partial charge in [0.25, 0.3) is 0 Å². The predicted octanol–water partition coefficient (Wildman–Crippen LogP) is 6.35. The van der Waals surface area contributed by atoms with Crippen LogP contribution in [-0.4, -0.2) is 66.7 Å². The van der Waals surface area contributed by atoms with Crippen LogP contribution in [0, 0.1) is 23.7 Å². The lowest BCUT2D eigenvalue weighted by Gasteiger charge is -2.50. The third kappa shape index (κ3) is 10.3. The summed E-state index contributed by atoms with van der Waals surface area (Å²) in [7, 11) is 0. The molecule has 3 rings (SSSR count). The van der Waals surface area contributed by atoms with Gasteiger partial charge in [-0.05, 0) is 52.9 Å². The van der Waals surface area contributed by atoms with E-state index in [9.17, 15) is 5.11 Å². The van der Waals surface area contributed by atoms with Gasteiger partial charge in [0.1, 0.15) is 18.3 Å². The fraction of sp³-hybridized carbons (Fsp3) is 0.938. The summed E-state index contributed by atoms with van der Waals surface area (Å²) in [4.78, 5) is 0. The largest absolute Gasteiger partial charge is 0.388 e. The molecule has 0 aromatic rings. The standard InChI is InChI=1S/C32H56O7/c1-8-9-10-11-12-13-14-15-16-17-18-19-20-26-29(39-32(6,7)37-26)25(33)21-34-30-24(3)23(2)28-27(36-30)22-35-31(4,5)38-28/h23-30,33H,8-12,15-22H2,1-7H3/t23?,24?,25-,26+,27?,28?,29-,30?/m0/s1. The summed E-state index contributed by atoms with van der Waals surface area (Å²) in [5, 5.41) is 11.1. The fourth-order valence-corrected chi connectivity index (χ4v) is 5.84. The number of aliphatic hydroxyl groups is 1. The average Bonchev–Trinajstić information content (AvgIpc) is 3.20. The molecule has 5 unspecified atom stereocenters. The maximum Gasteiger partial charge on any atom is 0.163 e. The molecule has 0 aliphatic carbocycles. The molecule has 0 spiro atoms. The lowest BCUT2D eigenvalue weighted by atomic mass is 9.84. The van der Waals surface area contributed by atoms with Crippen LogP contribution in [0.1, 0.15) is 119 Å². The highest BCUT2D eigenvalue weighted by atomic mass is 16.8. The first kappa shape index (κ1) is 32.8. The Balaban J connectivity index is 1.37. The van der Waals surface area contributed by atoms with Gasteiger partial charge in [-0.3, -0.25) is 0 Å².